The lowest BCUT2D eigenvalue weighted by Gasteiger charge is -2.33. The van der Waals surface area contributed by atoms with Crippen LogP contribution < -0.4 is 15.4 Å². The first-order valence-electron chi connectivity index (χ1n) is 9.08. The molecule has 10 heteroatoms. The van der Waals surface area contributed by atoms with Crippen molar-refractivity contribution in [3.8, 4) is 11.5 Å². The largest absolute Gasteiger partial charge is 0.455 e. The molecule has 2 amide bonds. The van der Waals surface area contributed by atoms with Gasteiger partial charge in [0, 0.05) is 16.1 Å². The van der Waals surface area contributed by atoms with Crippen molar-refractivity contribution >= 4 is 35.0 Å². The van der Waals surface area contributed by atoms with Crippen LogP contribution in [0.2, 0.25) is 10.0 Å². The summed E-state index contributed by atoms with van der Waals surface area (Å²) in [6.45, 7) is 0. The SMILES string of the molecule is O=C(NC1c2cc(Cl)ccc2Oc2c(Cl)cccc21)C1CCC(C(F)(F)F)NC1=O. The molecular weight excluding hydrogens is 444 g/mol. The van der Waals surface area contributed by atoms with Gasteiger partial charge in [0.25, 0.3) is 0 Å². The Bertz CT molecular complexity index is 1030. The highest BCUT2D eigenvalue weighted by Crippen LogP contribution is 2.46. The van der Waals surface area contributed by atoms with Crippen molar-refractivity contribution in [2.24, 2.45) is 5.92 Å². The van der Waals surface area contributed by atoms with E-state index in [2.05, 4.69) is 5.32 Å². The van der Waals surface area contributed by atoms with E-state index < -0.39 is 36.0 Å². The summed E-state index contributed by atoms with van der Waals surface area (Å²) in [6, 6.07) is 7.20. The summed E-state index contributed by atoms with van der Waals surface area (Å²) in [5, 5.41) is 5.39. The molecule has 2 N–H and O–H groups in total. The second-order valence-corrected chi connectivity index (χ2v) is 7.96. The number of amides is 2. The molecule has 0 aromatic heterocycles. The number of piperidine rings is 1. The van der Waals surface area contributed by atoms with Gasteiger partial charge in [0.05, 0.1) is 11.1 Å². The molecule has 30 heavy (non-hydrogen) atoms. The third-order valence-corrected chi connectivity index (χ3v) is 5.71. The molecule has 1 saturated heterocycles. The molecule has 0 saturated carbocycles. The van der Waals surface area contributed by atoms with E-state index in [0.717, 1.165) is 0 Å². The monoisotopic (exact) mass is 458 g/mol. The average molecular weight is 459 g/mol. The zero-order valence-corrected chi connectivity index (χ0v) is 16.7. The smallest absolute Gasteiger partial charge is 0.408 e. The van der Waals surface area contributed by atoms with E-state index >= 15 is 0 Å². The molecule has 2 aromatic rings. The molecule has 3 atom stereocenters. The number of carbonyl (C=O) groups excluding carboxylic acids is 2. The van der Waals surface area contributed by atoms with Crippen LogP contribution in [0.3, 0.4) is 0 Å². The molecule has 0 aliphatic carbocycles. The number of hydrogen-bond acceptors (Lipinski definition) is 3. The molecule has 5 nitrogen and oxygen atoms in total. The number of alkyl halides is 3. The van der Waals surface area contributed by atoms with Gasteiger partial charge in [-0.3, -0.25) is 9.59 Å². The Hall–Kier alpha value is -2.45. The zero-order valence-electron chi connectivity index (χ0n) is 15.2. The fourth-order valence-electron chi connectivity index (χ4n) is 3.68. The number of rotatable bonds is 2. The number of ether oxygens (including phenoxy) is 1. The maximum Gasteiger partial charge on any atom is 0.408 e. The molecule has 158 valence electrons. The van der Waals surface area contributed by atoms with Crippen LogP contribution in [0.5, 0.6) is 11.5 Å². The van der Waals surface area contributed by atoms with E-state index in [4.69, 9.17) is 27.9 Å². The van der Waals surface area contributed by atoms with Gasteiger partial charge in [-0.25, -0.2) is 0 Å². The van der Waals surface area contributed by atoms with Gasteiger partial charge in [-0.1, -0.05) is 35.3 Å². The summed E-state index contributed by atoms with van der Waals surface area (Å²) >= 11 is 12.3. The van der Waals surface area contributed by atoms with Crippen LogP contribution in [0, 0.1) is 5.92 Å². The third-order valence-electron chi connectivity index (χ3n) is 5.18. The van der Waals surface area contributed by atoms with Crippen LogP contribution >= 0.6 is 23.2 Å². The number of benzene rings is 2. The summed E-state index contributed by atoms with van der Waals surface area (Å²) in [7, 11) is 0. The molecule has 2 aromatic carbocycles. The van der Waals surface area contributed by atoms with Gasteiger partial charge in [-0.2, -0.15) is 13.2 Å². The first-order valence-corrected chi connectivity index (χ1v) is 9.84. The predicted molar refractivity (Wildman–Crippen MR) is 104 cm³/mol. The molecule has 3 unspecified atom stereocenters. The molecule has 2 aliphatic rings. The van der Waals surface area contributed by atoms with Gasteiger partial charge >= 0.3 is 6.18 Å². The van der Waals surface area contributed by atoms with Crippen molar-refractivity contribution in [1.82, 2.24) is 10.6 Å². The van der Waals surface area contributed by atoms with Crippen LogP contribution in [0.25, 0.3) is 0 Å². The minimum absolute atomic E-state index is 0.212. The quantitative estimate of drug-likeness (QED) is 0.637. The second kappa shape index (κ2) is 7.67. The maximum atomic E-state index is 12.9. The number of nitrogens with one attached hydrogen (secondary N) is 2. The van der Waals surface area contributed by atoms with Gasteiger partial charge in [0.2, 0.25) is 11.8 Å². The van der Waals surface area contributed by atoms with E-state index in [0.29, 0.717) is 32.7 Å². The van der Waals surface area contributed by atoms with Crippen molar-refractivity contribution in [2.45, 2.75) is 31.1 Å². The number of para-hydroxylation sites is 1. The lowest BCUT2D eigenvalue weighted by atomic mass is 9.90. The van der Waals surface area contributed by atoms with E-state index in [9.17, 15) is 22.8 Å². The van der Waals surface area contributed by atoms with Crippen molar-refractivity contribution < 1.29 is 27.5 Å². The summed E-state index contributed by atoms with van der Waals surface area (Å²) in [6.07, 6.45) is -5.13. The highest BCUT2D eigenvalue weighted by molar-refractivity contribution is 6.32. The Balaban J connectivity index is 1.62. The van der Waals surface area contributed by atoms with Gasteiger partial charge in [0.1, 0.15) is 17.7 Å². The summed E-state index contributed by atoms with van der Waals surface area (Å²) in [5.74, 6) is -2.10. The molecule has 0 spiro atoms. The molecule has 0 radical (unpaired) electrons. The summed E-state index contributed by atoms with van der Waals surface area (Å²) in [5.41, 5.74) is 1.10. The van der Waals surface area contributed by atoms with E-state index in [-0.39, 0.29) is 12.8 Å². The molecule has 2 aliphatic heterocycles. The zero-order chi connectivity index (χ0) is 21.6. The standard InChI is InChI=1S/C20H15Cl2F3N2O3/c21-9-4-6-14-12(8-9)16(10-2-1-3-13(22)17(10)30-14)27-19(29)11-5-7-15(20(23,24)25)26-18(11)28/h1-4,6,8,11,15-16H,5,7H2,(H,26,28)(H,27,29). The van der Waals surface area contributed by atoms with Gasteiger partial charge in [-0.15, -0.1) is 0 Å². The van der Waals surface area contributed by atoms with Gasteiger partial charge in [0.15, 0.2) is 5.75 Å². The van der Waals surface area contributed by atoms with Crippen LogP contribution in [0.15, 0.2) is 36.4 Å². The van der Waals surface area contributed by atoms with E-state index in [1.807, 2.05) is 5.32 Å². The minimum atomic E-state index is -4.55. The Kier molecular flexibility index (Phi) is 5.32. The van der Waals surface area contributed by atoms with Crippen molar-refractivity contribution in [3.63, 3.8) is 0 Å². The van der Waals surface area contributed by atoms with E-state index in [1.165, 1.54) is 0 Å². The first-order chi connectivity index (χ1) is 14.1. The Labute approximate surface area is 179 Å². The van der Waals surface area contributed by atoms with Crippen molar-refractivity contribution in [3.05, 3.63) is 57.6 Å². The number of halogens is 5. The molecular formula is C20H15Cl2F3N2O3. The molecule has 2 heterocycles. The lowest BCUT2D eigenvalue weighted by Crippen LogP contribution is -2.54. The predicted octanol–water partition coefficient (Wildman–Crippen LogP) is 4.76. The summed E-state index contributed by atoms with van der Waals surface area (Å²) in [4.78, 5) is 25.1. The van der Waals surface area contributed by atoms with Crippen molar-refractivity contribution in [2.75, 3.05) is 0 Å². The Morgan fingerprint density at radius 2 is 1.90 bits per heavy atom. The first kappa shape index (κ1) is 20.8. The van der Waals surface area contributed by atoms with Crippen LogP contribution in [0.1, 0.15) is 30.0 Å². The normalized spacial score (nSPS) is 23.0. The van der Waals surface area contributed by atoms with Crippen LogP contribution in [0.4, 0.5) is 13.2 Å². The van der Waals surface area contributed by atoms with E-state index in [1.54, 1.807) is 36.4 Å². The molecule has 1 fully saturated rings. The summed E-state index contributed by atoms with van der Waals surface area (Å²) < 4.78 is 44.5. The average Bonchev–Trinajstić information content (AvgIpc) is 2.68. The van der Waals surface area contributed by atoms with Crippen LogP contribution in [-0.4, -0.2) is 24.0 Å². The fourth-order valence-corrected chi connectivity index (χ4v) is 4.08. The molecule has 0 bridgehead atoms. The van der Waals surface area contributed by atoms with Gasteiger partial charge in [-0.05, 0) is 37.1 Å². The maximum absolute atomic E-state index is 12.9. The Morgan fingerprint density at radius 1 is 1.13 bits per heavy atom. The minimum Gasteiger partial charge on any atom is -0.455 e. The number of carbonyl (C=O) groups is 2. The number of hydrogen-bond donors (Lipinski definition) is 2. The molecule has 4 rings (SSSR count). The third kappa shape index (κ3) is 3.81. The highest BCUT2D eigenvalue weighted by Gasteiger charge is 2.46. The highest BCUT2D eigenvalue weighted by atomic mass is 35.5. The van der Waals surface area contributed by atoms with Crippen LogP contribution in [-0.2, 0) is 9.59 Å². The second-order valence-electron chi connectivity index (χ2n) is 7.12. The topological polar surface area (TPSA) is 67.4 Å². The van der Waals surface area contributed by atoms with Crippen molar-refractivity contribution in [1.29, 1.82) is 0 Å². The Morgan fingerprint density at radius 3 is 2.60 bits per heavy atom. The lowest BCUT2D eigenvalue weighted by molar-refractivity contribution is -0.171. The number of fused-ring (bicyclic) bond motifs is 2. The van der Waals surface area contributed by atoms with Gasteiger partial charge < -0.3 is 15.4 Å². The fraction of sp³-hybridized carbons (Fsp3) is 0.300.